The fourth-order valence-electron chi connectivity index (χ4n) is 1.20. The molecule has 0 radical (unpaired) electrons. The van der Waals surface area contributed by atoms with E-state index in [1.54, 1.807) is 0 Å². The largest absolute Gasteiger partial charge is 0.395 e. The molecule has 0 aliphatic heterocycles. The predicted octanol–water partition coefficient (Wildman–Crippen LogP) is 0.875. The van der Waals surface area contributed by atoms with E-state index in [1.807, 2.05) is 19.9 Å². The number of hydrogen-bond donors (Lipinski definition) is 3. The third kappa shape index (κ3) is 3.71. The van der Waals surface area contributed by atoms with Crippen molar-refractivity contribution in [2.75, 3.05) is 30.3 Å². The van der Waals surface area contributed by atoms with Crippen molar-refractivity contribution in [3.05, 3.63) is 11.9 Å². The van der Waals surface area contributed by atoms with Crippen molar-refractivity contribution >= 4 is 11.6 Å². The average molecular weight is 210 g/mol. The molecule has 1 aromatic rings. The van der Waals surface area contributed by atoms with Gasteiger partial charge in [0.15, 0.2) is 0 Å². The minimum Gasteiger partial charge on any atom is -0.395 e. The van der Waals surface area contributed by atoms with Gasteiger partial charge >= 0.3 is 0 Å². The Morgan fingerprint density at radius 2 is 1.87 bits per heavy atom. The molecule has 0 aromatic carbocycles. The number of hydrogen-bond acceptors (Lipinski definition) is 5. The van der Waals surface area contributed by atoms with Gasteiger partial charge in [-0.05, 0) is 6.92 Å². The zero-order valence-corrected chi connectivity index (χ0v) is 9.25. The molecule has 84 valence electrons. The Hall–Kier alpha value is -1.36. The van der Waals surface area contributed by atoms with Gasteiger partial charge in [-0.15, -0.1) is 0 Å². The minimum absolute atomic E-state index is 0.0992. The van der Waals surface area contributed by atoms with E-state index in [4.69, 9.17) is 5.11 Å². The standard InChI is InChI=1S/C10H18N4O/c1-3-8-13-9(11-4-2)7-10(14-8)12-5-6-15/h7,15H,3-6H2,1-2H3,(H2,11,12,13,14). The van der Waals surface area contributed by atoms with Crippen molar-refractivity contribution in [1.29, 1.82) is 0 Å². The van der Waals surface area contributed by atoms with E-state index in [-0.39, 0.29) is 6.61 Å². The Bertz CT molecular complexity index is 303. The predicted molar refractivity (Wildman–Crippen MR) is 61.1 cm³/mol. The van der Waals surface area contributed by atoms with Crippen LogP contribution >= 0.6 is 0 Å². The molecular weight excluding hydrogens is 192 g/mol. The Morgan fingerprint density at radius 1 is 1.20 bits per heavy atom. The molecule has 0 amide bonds. The van der Waals surface area contributed by atoms with Crippen LogP contribution in [0.3, 0.4) is 0 Å². The van der Waals surface area contributed by atoms with Crippen molar-refractivity contribution in [2.45, 2.75) is 20.3 Å². The summed E-state index contributed by atoms with van der Waals surface area (Å²) in [5.74, 6) is 2.38. The van der Waals surface area contributed by atoms with E-state index in [2.05, 4.69) is 20.6 Å². The molecule has 5 nitrogen and oxygen atoms in total. The Labute approximate surface area is 90.0 Å². The highest BCUT2D eigenvalue weighted by Crippen LogP contribution is 2.11. The third-order valence-corrected chi connectivity index (χ3v) is 1.86. The second-order valence-electron chi connectivity index (χ2n) is 3.09. The summed E-state index contributed by atoms with van der Waals surface area (Å²) in [5, 5.41) is 14.9. The lowest BCUT2D eigenvalue weighted by Crippen LogP contribution is -2.10. The number of nitrogens with one attached hydrogen (secondary N) is 2. The van der Waals surface area contributed by atoms with Gasteiger partial charge in [0.1, 0.15) is 17.5 Å². The van der Waals surface area contributed by atoms with Crippen molar-refractivity contribution in [2.24, 2.45) is 0 Å². The summed E-state index contributed by atoms with van der Waals surface area (Å²) in [4.78, 5) is 8.62. The average Bonchev–Trinajstić information content (AvgIpc) is 2.26. The Kier molecular flexibility index (Phi) is 4.83. The lowest BCUT2D eigenvalue weighted by Gasteiger charge is -2.08. The monoisotopic (exact) mass is 210 g/mol. The summed E-state index contributed by atoms with van der Waals surface area (Å²) >= 11 is 0. The van der Waals surface area contributed by atoms with Gasteiger partial charge in [-0.3, -0.25) is 0 Å². The van der Waals surface area contributed by atoms with Crippen LogP contribution in [0, 0.1) is 0 Å². The van der Waals surface area contributed by atoms with Crippen LogP contribution in [0.2, 0.25) is 0 Å². The van der Waals surface area contributed by atoms with E-state index in [0.29, 0.717) is 6.54 Å². The second-order valence-corrected chi connectivity index (χ2v) is 3.09. The van der Waals surface area contributed by atoms with Crippen LogP contribution in [0.25, 0.3) is 0 Å². The molecule has 0 saturated heterocycles. The highest BCUT2D eigenvalue weighted by Gasteiger charge is 2.01. The van der Waals surface area contributed by atoms with Gasteiger partial charge in [0, 0.05) is 25.6 Å². The molecule has 0 spiro atoms. The molecule has 1 rings (SSSR count). The summed E-state index contributed by atoms with van der Waals surface area (Å²) in [6, 6.07) is 1.85. The van der Waals surface area contributed by atoms with E-state index in [1.165, 1.54) is 0 Å². The van der Waals surface area contributed by atoms with Gasteiger partial charge in [0.25, 0.3) is 0 Å². The molecule has 0 saturated carbocycles. The fourth-order valence-corrected chi connectivity index (χ4v) is 1.20. The number of aryl methyl sites for hydroxylation is 1. The first-order chi connectivity index (χ1) is 7.30. The third-order valence-electron chi connectivity index (χ3n) is 1.86. The number of aliphatic hydroxyl groups excluding tert-OH is 1. The molecule has 15 heavy (non-hydrogen) atoms. The quantitative estimate of drug-likeness (QED) is 0.650. The molecule has 0 aliphatic carbocycles. The van der Waals surface area contributed by atoms with Crippen LogP contribution in [0.1, 0.15) is 19.7 Å². The SMILES string of the molecule is CCNc1cc(NCCO)nc(CC)n1. The minimum atomic E-state index is 0.0992. The molecule has 1 heterocycles. The van der Waals surface area contributed by atoms with Crippen LogP contribution in [0.4, 0.5) is 11.6 Å². The van der Waals surface area contributed by atoms with Gasteiger partial charge < -0.3 is 15.7 Å². The van der Waals surface area contributed by atoms with Crippen molar-refractivity contribution < 1.29 is 5.11 Å². The summed E-state index contributed by atoms with van der Waals surface area (Å²) in [7, 11) is 0. The van der Waals surface area contributed by atoms with Gasteiger partial charge in [-0.2, -0.15) is 0 Å². The summed E-state index contributed by atoms with van der Waals surface area (Å²) < 4.78 is 0. The molecule has 0 aliphatic rings. The normalized spacial score (nSPS) is 10.1. The van der Waals surface area contributed by atoms with Crippen LogP contribution in [-0.2, 0) is 6.42 Å². The summed E-state index contributed by atoms with van der Waals surface area (Å²) in [6.07, 6.45) is 0.799. The molecule has 0 bridgehead atoms. The van der Waals surface area contributed by atoms with Gasteiger partial charge in [0.2, 0.25) is 0 Å². The van der Waals surface area contributed by atoms with Gasteiger partial charge in [0.05, 0.1) is 6.61 Å². The molecule has 0 unspecified atom stereocenters. The maximum Gasteiger partial charge on any atom is 0.132 e. The van der Waals surface area contributed by atoms with Crippen molar-refractivity contribution in [3.8, 4) is 0 Å². The summed E-state index contributed by atoms with van der Waals surface area (Å²) in [6.45, 7) is 5.47. The van der Waals surface area contributed by atoms with E-state index in [0.717, 1.165) is 30.4 Å². The maximum absolute atomic E-state index is 8.71. The molecule has 0 fully saturated rings. The molecule has 3 N–H and O–H groups in total. The highest BCUT2D eigenvalue weighted by molar-refractivity contribution is 5.47. The van der Waals surface area contributed by atoms with E-state index < -0.39 is 0 Å². The molecule has 1 aromatic heterocycles. The molecule has 0 atom stereocenters. The number of nitrogens with zero attached hydrogens (tertiary/aromatic N) is 2. The van der Waals surface area contributed by atoms with E-state index in [9.17, 15) is 0 Å². The van der Waals surface area contributed by atoms with Crippen molar-refractivity contribution in [3.63, 3.8) is 0 Å². The first kappa shape index (κ1) is 11.7. The second kappa shape index (κ2) is 6.19. The van der Waals surface area contributed by atoms with Crippen LogP contribution in [0.15, 0.2) is 6.07 Å². The number of aliphatic hydroxyl groups is 1. The molecular formula is C10H18N4O. The number of rotatable bonds is 6. The van der Waals surface area contributed by atoms with Crippen LogP contribution in [0.5, 0.6) is 0 Å². The topological polar surface area (TPSA) is 70.1 Å². The van der Waals surface area contributed by atoms with Crippen LogP contribution < -0.4 is 10.6 Å². The number of aromatic nitrogens is 2. The zero-order chi connectivity index (χ0) is 11.1. The highest BCUT2D eigenvalue weighted by atomic mass is 16.3. The van der Waals surface area contributed by atoms with Crippen molar-refractivity contribution in [1.82, 2.24) is 9.97 Å². The number of anilines is 2. The van der Waals surface area contributed by atoms with Crippen LogP contribution in [-0.4, -0.2) is 34.8 Å². The first-order valence-electron chi connectivity index (χ1n) is 5.26. The smallest absolute Gasteiger partial charge is 0.132 e. The summed E-state index contributed by atoms with van der Waals surface area (Å²) in [5.41, 5.74) is 0. The van der Waals surface area contributed by atoms with Gasteiger partial charge in [-0.1, -0.05) is 6.92 Å². The first-order valence-corrected chi connectivity index (χ1v) is 5.26. The molecule has 5 heteroatoms. The lowest BCUT2D eigenvalue weighted by atomic mass is 10.4. The Morgan fingerprint density at radius 3 is 2.40 bits per heavy atom. The zero-order valence-electron chi connectivity index (χ0n) is 9.25. The fraction of sp³-hybridized carbons (Fsp3) is 0.600. The van der Waals surface area contributed by atoms with E-state index >= 15 is 0 Å². The maximum atomic E-state index is 8.71. The Balaban J connectivity index is 2.79. The van der Waals surface area contributed by atoms with Gasteiger partial charge in [-0.25, -0.2) is 9.97 Å². The lowest BCUT2D eigenvalue weighted by molar-refractivity contribution is 0.311.